The molecule has 1 atom stereocenters. The van der Waals surface area contributed by atoms with Gasteiger partial charge in [0.25, 0.3) is 10.0 Å². The highest BCUT2D eigenvalue weighted by atomic mass is 32.2. The Morgan fingerprint density at radius 2 is 1.89 bits per heavy atom. The van der Waals surface area contributed by atoms with Crippen LogP contribution in [0, 0.1) is 17.8 Å². The van der Waals surface area contributed by atoms with Gasteiger partial charge in [-0.25, -0.2) is 12.8 Å². The lowest BCUT2D eigenvalue weighted by Gasteiger charge is -2.17. The maximum Gasteiger partial charge on any atom is 0.322 e. The molecular formula is C19H20FNO5S2. The van der Waals surface area contributed by atoms with Crippen molar-refractivity contribution in [2.24, 2.45) is 5.92 Å². The predicted octanol–water partition coefficient (Wildman–Crippen LogP) is 2.88. The van der Waals surface area contributed by atoms with Crippen molar-refractivity contribution in [2.45, 2.75) is 24.1 Å². The first-order chi connectivity index (χ1) is 13.2. The summed E-state index contributed by atoms with van der Waals surface area (Å²) in [6.07, 6.45) is 0. The molecule has 0 fully saturated rings. The topological polar surface area (TPSA) is 92.7 Å². The Morgan fingerprint density at radius 1 is 1.21 bits per heavy atom. The number of carboxylic acid groups (broad SMARTS) is 1. The summed E-state index contributed by atoms with van der Waals surface area (Å²) in [5, 5.41) is 9.16. The highest BCUT2D eigenvalue weighted by Crippen LogP contribution is 2.22. The van der Waals surface area contributed by atoms with E-state index in [1.165, 1.54) is 6.07 Å². The van der Waals surface area contributed by atoms with Gasteiger partial charge in [-0.15, -0.1) is 11.3 Å². The first-order valence-corrected chi connectivity index (χ1v) is 10.7. The van der Waals surface area contributed by atoms with E-state index in [0.29, 0.717) is 16.2 Å². The van der Waals surface area contributed by atoms with Crippen molar-refractivity contribution < 1.29 is 27.4 Å². The molecule has 0 saturated carbocycles. The number of sulfonamides is 1. The zero-order valence-corrected chi connectivity index (χ0v) is 16.9. The van der Waals surface area contributed by atoms with Crippen molar-refractivity contribution in [3.05, 3.63) is 46.8 Å². The Bertz CT molecular complexity index is 972. The summed E-state index contributed by atoms with van der Waals surface area (Å²) >= 11 is 0.955. The molecule has 0 saturated heterocycles. The number of thiophene rings is 1. The summed E-state index contributed by atoms with van der Waals surface area (Å²) in [4.78, 5) is 11.7. The monoisotopic (exact) mass is 425 g/mol. The fourth-order valence-corrected chi connectivity index (χ4v) is 4.67. The van der Waals surface area contributed by atoms with E-state index < -0.39 is 34.6 Å². The largest absolute Gasteiger partial charge is 0.491 e. The molecule has 150 valence electrons. The molecule has 2 N–H and O–H groups in total. The molecule has 0 radical (unpaired) electrons. The highest BCUT2D eigenvalue weighted by Gasteiger charge is 2.28. The second-order valence-electron chi connectivity index (χ2n) is 6.11. The average Bonchev–Trinajstić information content (AvgIpc) is 3.13. The third-order valence-electron chi connectivity index (χ3n) is 3.59. The summed E-state index contributed by atoms with van der Waals surface area (Å²) in [5.74, 6) is 4.69. The van der Waals surface area contributed by atoms with E-state index in [9.17, 15) is 17.6 Å². The molecule has 1 aromatic heterocycles. The summed E-state index contributed by atoms with van der Waals surface area (Å²) < 4.78 is 44.3. The minimum atomic E-state index is -3.95. The molecule has 0 aliphatic rings. The molecule has 28 heavy (non-hydrogen) atoms. The molecule has 2 rings (SSSR count). The van der Waals surface area contributed by atoms with Gasteiger partial charge in [0, 0.05) is 5.56 Å². The van der Waals surface area contributed by atoms with Crippen LogP contribution in [0.3, 0.4) is 0 Å². The van der Waals surface area contributed by atoms with E-state index in [4.69, 9.17) is 9.84 Å². The molecule has 1 aromatic carbocycles. The number of rotatable bonds is 8. The van der Waals surface area contributed by atoms with Gasteiger partial charge in [0.05, 0.1) is 4.88 Å². The summed E-state index contributed by atoms with van der Waals surface area (Å²) in [6, 6.07) is 8.53. The standard InChI is InChI=1S/C19H20FNO5S2/c1-13(2)18(19(22)23)21-28(24,25)17-10-9-16(27-17)8-5-14-3-6-15(7-4-14)26-12-11-20/h3-4,6-7,9-10,13,18,21H,11-12H2,1-2H3,(H,22,23)/t18-/m1/s1. The van der Waals surface area contributed by atoms with Gasteiger partial charge in [0.1, 0.15) is 29.3 Å². The van der Waals surface area contributed by atoms with E-state index >= 15 is 0 Å². The number of nitrogens with one attached hydrogen (secondary N) is 1. The lowest BCUT2D eigenvalue weighted by atomic mass is 10.1. The lowest BCUT2D eigenvalue weighted by molar-refractivity contribution is -0.140. The molecule has 0 unspecified atom stereocenters. The zero-order valence-electron chi connectivity index (χ0n) is 15.3. The SMILES string of the molecule is CC(C)[C@@H](NS(=O)(=O)c1ccc(C#Cc2ccc(OCCF)cc2)s1)C(=O)O. The van der Waals surface area contributed by atoms with Gasteiger partial charge in [-0.2, -0.15) is 4.72 Å². The average molecular weight is 426 g/mol. The maximum atomic E-state index is 12.4. The van der Waals surface area contributed by atoms with Crippen LogP contribution in [0.4, 0.5) is 4.39 Å². The molecule has 6 nitrogen and oxygen atoms in total. The van der Waals surface area contributed by atoms with Gasteiger partial charge in [0.2, 0.25) is 0 Å². The molecule has 0 aliphatic carbocycles. The maximum absolute atomic E-state index is 12.4. The Morgan fingerprint density at radius 3 is 2.46 bits per heavy atom. The zero-order chi connectivity index (χ0) is 20.7. The van der Waals surface area contributed by atoms with Crippen LogP contribution in [0.5, 0.6) is 5.75 Å². The Hall–Kier alpha value is -2.41. The smallest absolute Gasteiger partial charge is 0.322 e. The highest BCUT2D eigenvalue weighted by molar-refractivity contribution is 7.91. The van der Waals surface area contributed by atoms with Gasteiger partial charge in [-0.1, -0.05) is 25.7 Å². The molecule has 0 aliphatic heterocycles. The number of ether oxygens (including phenoxy) is 1. The molecule has 2 aromatic rings. The van der Waals surface area contributed by atoms with Gasteiger partial charge in [0.15, 0.2) is 0 Å². The Balaban J connectivity index is 2.12. The van der Waals surface area contributed by atoms with Gasteiger partial charge >= 0.3 is 5.97 Å². The third kappa shape index (κ3) is 6.05. The first kappa shape index (κ1) is 21.9. The number of hydrogen-bond donors (Lipinski definition) is 2. The Labute approximate surface area is 167 Å². The number of hydrogen-bond acceptors (Lipinski definition) is 5. The quantitative estimate of drug-likeness (QED) is 0.635. The van der Waals surface area contributed by atoms with Crippen molar-refractivity contribution >= 4 is 27.3 Å². The summed E-state index contributed by atoms with van der Waals surface area (Å²) in [7, 11) is -3.95. The van der Waals surface area contributed by atoms with Crippen LogP contribution in [0.15, 0.2) is 40.6 Å². The van der Waals surface area contributed by atoms with E-state index in [2.05, 4.69) is 16.6 Å². The summed E-state index contributed by atoms with van der Waals surface area (Å²) in [6.45, 7) is 2.68. The second-order valence-corrected chi connectivity index (χ2v) is 9.14. The number of halogens is 1. The van der Waals surface area contributed by atoms with Crippen molar-refractivity contribution in [2.75, 3.05) is 13.3 Å². The number of alkyl halides is 1. The molecular weight excluding hydrogens is 405 g/mol. The Kier molecular flexibility index (Phi) is 7.57. The molecule has 1 heterocycles. The van der Waals surface area contributed by atoms with Crippen molar-refractivity contribution in [1.29, 1.82) is 0 Å². The van der Waals surface area contributed by atoms with Gasteiger partial charge in [-0.05, 0) is 42.3 Å². The predicted molar refractivity (Wildman–Crippen MR) is 105 cm³/mol. The number of benzene rings is 1. The van der Waals surface area contributed by atoms with E-state index in [1.807, 2.05) is 0 Å². The van der Waals surface area contributed by atoms with Crippen LogP contribution in [-0.4, -0.2) is 38.8 Å². The summed E-state index contributed by atoms with van der Waals surface area (Å²) in [5.41, 5.74) is 0.689. The minimum Gasteiger partial charge on any atom is -0.491 e. The van der Waals surface area contributed by atoms with Crippen molar-refractivity contribution in [1.82, 2.24) is 4.72 Å². The fourth-order valence-electron chi connectivity index (χ4n) is 2.15. The van der Waals surface area contributed by atoms with Crippen LogP contribution in [-0.2, 0) is 14.8 Å². The van der Waals surface area contributed by atoms with Crippen LogP contribution in [0.25, 0.3) is 0 Å². The van der Waals surface area contributed by atoms with Gasteiger partial charge in [-0.3, -0.25) is 4.79 Å². The minimum absolute atomic E-state index is 0.00123. The van der Waals surface area contributed by atoms with Crippen LogP contribution < -0.4 is 9.46 Å². The van der Waals surface area contributed by atoms with E-state index in [1.54, 1.807) is 44.2 Å². The third-order valence-corrected chi connectivity index (χ3v) is 6.52. The molecule has 0 bridgehead atoms. The van der Waals surface area contributed by atoms with E-state index in [-0.39, 0.29) is 10.8 Å². The van der Waals surface area contributed by atoms with Gasteiger partial charge < -0.3 is 9.84 Å². The fraction of sp³-hybridized carbons (Fsp3) is 0.316. The molecule has 0 amide bonds. The number of aliphatic carboxylic acids is 1. The van der Waals surface area contributed by atoms with Crippen LogP contribution in [0.1, 0.15) is 24.3 Å². The first-order valence-electron chi connectivity index (χ1n) is 8.39. The molecule has 9 heteroatoms. The van der Waals surface area contributed by atoms with Crippen molar-refractivity contribution in [3.63, 3.8) is 0 Å². The lowest BCUT2D eigenvalue weighted by Crippen LogP contribution is -2.43. The van der Waals surface area contributed by atoms with Crippen LogP contribution in [0.2, 0.25) is 0 Å². The number of carboxylic acids is 1. The second kappa shape index (κ2) is 9.68. The normalized spacial score (nSPS) is 12.3. The number of carbonyl (C=O) groups is 1. The van der Waals surface area contributed by atoms with Crippen LogP contribution >= 0.6 is 11.3 Å². The van der Waals surface area contributed by atoms with Crippen molar-refractivity contribution in [3.8, 4) is 17.6 Å². The molecule has 0 spiro atoms. The van der Waals surface area contributed by atoms with E-state index in [0.717, 1.165) is 11.3 Å².